The van der Waals surface area contributed by atoms with E-state index >= 15 is 0 Å². The number of hydrogen-bond donors (Lipinski definition) is 12. The topological polar surface area (TPSA) is 505 Å². The number of nitrogens with one attached hydrogen (secondary N) is 6. The molecule has 0 amide bonds. The van der Waals surface area contributed by atoms with E-state index in [0.29, 0.717) is 19.2 Å². The summed E-state index contributed by atoms with van der Waals surface area (Å²) in [6.45, 7) is 0. The zero-order chi connectivity index (χ0) is 31.1. The van der Waals surface area contributed by atoms with Gasteiger partial charge in [-0.25, -0.2) is 21.7 Å². The molecule has 0 fully saturated rings. The van der Waals surface area contributed by atoms with Crippen LogP contribution < -0.4 is 76.5 Å². The average molecular weight is 586 g/mol. The predicted octanol–water partition coefficient (Wildman–Crippen LogP) is -11.9. The average Bonchev–Trinajstić information content (AvgIpc) is 3.49. The summed E-state index contributed by atoms with van der Waals surface area (Å²) in [4.78, 5) is 41.4. The molecule has 224 valence electrons. The van der Waals surface area contributed by atoms with E-state index in [4.69, 9.17) is 35.1 Å². The van der Waals surface area contributed by atoms with Gasteiger partial charge in [0, 0.05) is 21.1 Å². The molecule has 0 bridgehead atoms. The number of hydrazone groups is 2. The SMILES string of the molecule is NNC(NN)=[NH+]N.NNC(NN)=[NH+]N.O=[N+]([O-])[N-]n1cc[n+]([N-][N+](=O)[O-])n1.O=[N+]([O-])[N-]n1cc[n+]([N-][N+](=O)[O-])n1. The number of hydrogen-bond acceptors (Lipinski definition) is 16. The van der Waals surface area contributed by atoms with Crippen molar-refractivity contribution in [3.8, 4) is 0 Å². The van der Waals surface area contributed by atoms with E-state index in [0.717, 1.165) is 24.8 Å². The molecule has 0 spiro atoms. The number of nitrogens with two attached hydrogens (primary N) is 6. The molecule has 0 aliphatic carbocycles. The minimum atomic E-state index is -0.997. The molecule has 0 aliphatic rings. The fraction of sp³-hybridized carbons (Fsp3) is 0. The van der Waals surface area contributed by atoms with Gasteiger partial charge >= 0.3 is 11.9 Å². The van der Waals surface area contributed by atoms with Crippen LogP contribution in [0.25, 0.3) is 22.1 Å². The Morgan fingerprint density at radius 3 is 1.15 bits per heavy atom. The van der Waals surface area contributed by atoms with Crippen LogP contribution in [0.1, 0.15) is 0 Å². The first-order chi connectivity index (χ1) is 18.8. The molecule has 2 rings (SSSR count). The van der Waals surface area contributed by atoms with Crippen LogP contribution in [0, 0.1) is 40.5 Å². The highest BCUT2D eigenvalue weighted by Gasteiger charge is 2.02. The first kappa shape index (κ1) is 35.2. The summed E-state index contributed by atoms with van der Waals surface area (Å²) in [6, 6.07) is 0. The van der Waals surface area contributed by atoms with Crippen molar-refractivity contribution in [2.45, 2.75) is 0 Å². The Bertz CT molecular complexity index is 945. The maximum atomic E-state index is 9.80. The van der Waals surface area contributed by atoms with Gasteiger partial charge in [0.1, 0.15) is 0 Å². The number of nitro groups is 4. The van der Waals surface area contributed by atoms with Crippen molar-refractivity contribution in [3.63, 3.8) is 0 Å². The molecule has 0 saturated heterocycles. The van der Waals surface area contributed by atoms with Crippen LogP contribution in [0.5, 0.6) is 0 Å². The normalized spacial score (nSPS) is 8.50. The lowest BCUT2D eigenvalue weighted by molar-refractivity contribution is -0.781. The molecule has 0 unspecified atom stereocenters. The van der Waals surface area contributed by atoms with Crippen molar-refractivity contribution in [2.75, 3.05) is 0 Å². The molecule has 40 heavy (non-hydrogen) atoms. The quantitative estimate of drug-likeness (QED) is 0.0341. The van der Waals surface area contributed by atoms with Gasteiger partial charge in [0.2, 0.25) is 0 Å². The fourth-order valence-corrected chi connectivity index (χ4v) is 1.29. The number of nitrogens with zero attached hydrogens (tertiary/aromatic N) is 14. The van der Waals surface area contributed by atoms with Crippen molar-refractivity contribution in [3.05, 3.63) is 87.4 Å². The summed E-state index contributed by atoms with van der Waals surface area (Å²) in [7, 11) is 0. The molecule has 0 saturated carbocycles. The van der Waals surface area contributed by atoms with Gasteiger partial charge in [0.05, 0.1) is 0 Å². The van der Waals surface area contributed by atoms with E-state index < -0.39 is 20.1 Å². The zero-order valence-electron chi connectivity index (χ0n) is 19.3. The largest absolute Gasteiger partial charge is 0.398 e. The second kappa shape index (κ2) is 20.3. The Hall–Kier alpha value is -6.94. The number of rotatable bonds is 8. The van der Waals surface area contributed by atoms with Crippen molar-refractivity contribution >= 4 is 11.9 Å². The van der Waals surface area contributed by atoms with E-state index in [1.165, 1.54) is 0 Å². The highest BCUT2D eigenvalue weighted by molar-refractivity contribution is 5.72. The second-order valence-electron chi connectivity index (χ2n) is 4.98. The van der Waals surface area contributed by atoms with Gasteiger partial charge in [-0.15, -0.1) is 19.2 Å². The maximum absolute atomic E-state index is 9.80. The molecule has 0 atom stereocenters. The predicted molar refractivity (Wildman–Crippen MR) is 117 cm³/mol. The van der Waals surface area contributed by atoms with Crippen LogP contribution in [0.15, 0.2) is 24.8 Å². The van der Waals surface area contributed by atoms with Gasteiger partial charge in [-0.1, -0.05) is 0 Å². The smallest absolute Gasteiger partial charge is 0.355 e. The summed E-state index contributed by atoms with van der Waals surface area (Å²) in [5, 5.41) is 45.9. The van der Waals surface area contributed by atoms with Gasteiger partial charge < -0.3 is 40.5 Å². The molecule has 2 aromatic heterocycles. The van der Waals surface area contributed by atoms with E-state index in [9.17, 15) is 40.5 Å². The first-order valence-electron chi connectivity index (χ1n) is 8.79. The highest BCUT2D eigenvalue weighted by atomic mass is 16.7. The Labute approximate surface area is 217 Å². The van der Waals surface area contributed by atoms with Crippen LogP contribution in [0.4, 0.5) is 0 Å². The van der Waals surface area contributed by atoms with E-state index in [2.05, 4.69) is 64.5 Å². The molecular formula is C6H22N26O8. The molecule has 34 heteroatoms. The van der Waals surface area contributed by atoms with Gasteiger partial charge in [0.25, 0.3) is 0 Å². The Morgan fingerprint density at radius 1 is 0.675 bits per heavy atom. The summed E-state index contributed by atoms with van der Waals surface area (Å²) >= 11 is 0. The van der Waals surface area contributed by atoms with Gasteiger partial charge in [-0.3, -0.25) is 11.7 Å². The second-order valence-corrected chi connectivity index (χ2v) is 4.98. The van der Waals surface area contributed by atoms with E-state index in [1.807, 2.05) is 0 Å². The summed E-state index contributed by atoms with van der Waals surface area (Å²) in [5.41, 5.74) is 19.4. The Balaban J connectivity index is 0. The van der Waals surface area contributed by atoms with Gasteiger partial charge in [-0.05, 0) is 31.6 Å². The third-order valence-corrected chi connectivity index (χ3v) is 2.56. The van der Waals surface area contributed by atoms with Crippen molar-refractivity contribution in [1.29, 1.82) is 0 Å². The lowest BCUT2D eigenvalue weighted by Gasteiger charge is -1.98. The van der Waals surface area contributed by atoms with Gasteiger partial charge in [-0.2, -0.15) is 33.6 Å². The van der Waals surface area contributed by atoms with E-state index in [-0.39, 0.29) is 11.9 Å². The molecular weight excluding hydrogens is 564 g/mol. The molecule has 2 aromatic rings. The number of hydrazine groups is 6. The molecule has 34 nitrogen and oxygen atoms in total. The Kier molecular flexibility index (Phi) is 17.9. The number of guanidine groups is 2. The van der Waals surface area contributed by atoms with Crippen molar-refractivity contribution < 1.29 is 39.9 Å². The van der Waals surface area contributed by atoms with Crippen LogP contribution in [-0.4, -0.2) is 52.1 Å². The third kappa shape index (κ3) is 18.4. The summed E-state index contributed by atoms with van der Waals surface area (Å²) < 4.78 is 0. The highest BCUT2D eigenvalue weighted by Crippen LogP contribution is 1.90. The molecule has 0 aliphatic heterocycles. The minimum Gasteiger partial charge on any atom is -0.355 e. The molecule has 0 radical (unpaired) electrons. The first-order valence-corrected chi connectivity index (χ1v) is 8.79. The van der Waals surface area contributed by atoms with Crippen LogP contribution in [0.2, 0.25) is 0 Å². The zero-order valence-corrected chi connectivity index (χ0v) is 19.3. The Morgan fingerprint density at radius 2 is 0.975 bits per heavy atom. The summed E-state index contributed by atoms with van der Waals surface area (Å²) in [5.74, 6) is 29.5. The molecule has 18 N–H and O–H groups in total. The standard InChI is InChI=1S/2C2H2N7O4.2CH8N6/c2*10-8(11)4-6-1-2-7(3-6)5-9(12)13;2*2-5-1(6-3)7-4/h2*1-2H;2*2-4H2,(H2,5,6,7)/q2*-1;;/p+2. The molecule has 2 heterocycles. The van der Waals surface area contributed by atoms with Crippen LogP contribution in [-0.2, 0) is 0 Å². The lowest BCUT2D eigenvalue weighted by Crippen LogP contribution is -2.86. The maximum Gasteiger partial charge on any atom is 0.398 e. The van der Waals surface area contributed by atoms with Gasteiger partial charge in [0.15, 0.2) is 24.8 Å². The van der Waals surface area contributed by atoms with Crippen molar-refractivity contribution in [2.24, 2.45) is 35.1 Å². The third-order valence-electron chi connectivity index (χ3n) is 2.56. The van der Waals surface area contributed by atoms with E-state index in [1.54, 1.807) is 0 Å². The van der Waals surface area contributed by atoms with Crippen molar-refractivity contribution in [1.82, 2.24) is 41.7 Å². The summed E-state index contributed by atoms with van der Waals surface area (Å²) in [6.07, 6.45) is 4.15. The molecule has 0 aromatic carbocycles. The fourth-order valence-electron chi connectivity index (χ4n) is 1.29. The van der Waals surface area contributed by atoms with Crippen LogP contribution in [0.3, 0.4) is 0 Å². The van der Waals surface area contributed by atoms with Crippen LogP contribution >= 0.6 is 0 Å². The lowest BCUT2D eigenvalue weighted by atomic mass is 10.9. The minimum absolute atomic E-state index is 0.264. The number of aromatic nitrogens is 6. The monoisotopic (exact) mass is 586 g/mol.